The largest absolute Gasteiger partial charge is 0.322 e. The number of nitrogens with zero attached hydrogens (tertiary/aromatic N) is 2. The highest BCUT2D eigenvalue weighted by molar-refractivity contribution is 7.15. The van der Waals surface area contributed by atoms with Crippen molar-refractivity contribution < 1.29 is 4.79 Å². The van der Waals surface area contributed by atoms with Gasteiger partial charge >= 0.3 is 0 Å². The van der Waals surface area contributed by atoms with Gasteiger partial charge in [0, 0.05) is 33.7 Å². The summed E-state index contributed by atoms with van der Waals surface area (Å²) in [4.78, 5) is 19.7. The van der Waals surface area contributed by atoms with Gasteiger partial charge in [-0.15, -0.1) is 11.3 Å². The van der Waals surface area contributed by atoms with Crippen molar-refractivity contribution in [2.45, 2.75) is 53.4 Å². The molecule has 1 N–H and O–H groups in total. The lowest BCUT2D eigenvalue weighted by molar-refractivity contribution is 0.102. The zero-order valence-corrected chi connectivity index (χ0v) is 21.6. The molecule has 0 saturated heterocycles. The van der Waals surface area contributed by atoms with Crippen LogP contribution in [0.4, 0.5) is 11.4 Å². The molecule has 35 heavy (non-hydrogen) atoms. The minimum atomic E-state index is -0.0226. The first-order chi connectivity index (χ1) is 16.9. The SMILES string of the molecule is Cc1ccc(N=Cc2cc(C)n(-c3sc4c(c3C(=O)Nc3ccc(C)cc3)CCCC4)c2C)cc1. The van der Waals surface area contributed by atoms with E-state index in [4.69, 9.17) is 4.99 Å². The van der Waals surface area contributed by atoms with Gasteiger partial charge in [0.25, 0.3) is 5.91 Å². The van der Waals surface area contributed by atoms with E-state index in [0.717, 1.165) is 58.2 Å². The summed E-state index contributed by atoms with van der Waals surface area (Å²) in [7, 11) is 0. The maximum Gasteiger partial charge on any atom is 0.258 e. The Labute approximate surface area is 211 Å². The van der Waals surface area contributed by atoms with Crippen molar-refractivity contribution in [3.63, 3.8) is 0 Å². The summed E-state index contributed by atoms with van der Waals surface area (Å²) >= 11 is 1.77. The fourth-order valence-corrected chi connectivity index (χ4v) is 6.28. The normalized spacial score (nSPS) is 13.3. The second-order valence-corrected chi connectivity index (χ2v) is 10.6. The predicted molar refractivity (Wildman–Crippen MR) is 147 cm³/mol. The number of amides is 1. The number of hydrogen-bond acceptors (Lipinski definition) is 3. The molecule has 5 heteroatoms. The van der Waals surface area contributed by atoms with Gasteiger partial charge < -0.3 is 9.88 Å². The highest BCUT2D eigenvalue weighted by Gasteiger charge is 2.28. The Hall–Kier alpha value is -3.44. The molecule has 2 aromatic heterocycles. The topological polar surface area (TPSA) is 46.4 Å². The van der Waals surface area contributed by atoms with Crippen LogP contribution in [-0.4, -0.2) is 16.7 Å². The second kappa shape index (κ2) is 9.67. The maximum atomic E-state index is 13.6. The molecule has 1 amide bonds. The predicted octanol–water partition coefficient (Wildman–Crippen LogP) is 7.65. The molecule has 5 rings (SSSR count). The molecule has 0 fully saturated rings. The van der Waals surface area contributed by atoms with Crippen molar-refractivity contribution in [3.8, 4) is 5.00 Å². The Bertz CT molecular complexity index is 1410. The van der Waals surface area contributed by atoms with Crippen LogP contribution in [0.3, 0.4) is 0 Å². The van der Waals surface area contributed by atoms with E-state index in [2.05, 4.69) is 55.8 Å². The number of hydrogen-bond donors (Lipinski definition) is 1. The molecule has 1 aliphatic carbocycles. The average Bonchev–Trinajstić information content (AvgIpc) is 3.36. The Morgan fingerprint density at radius 1 is 0.943 bits per heavy atom. The summed E-state index contributed by atoms with van der Waals surface area (Å²) in [6.07, 6.45) is 6.26. The van der Waals surface area contributed by atoms with Crippen LogP contribution in [0.5, 0.6) is 0 Å². The smallest absolute Gasteiger partial charge is 0.258 e. The molecule has 178 valence electrons. The van der Waals surface area contributed by atoms with Crippen LogP contribution < -0.4 is 5.32 Å². The van der Waals surface area contributed by atoms with Gasteiger partial charge in [-0.05, 0) is 89.3 Å². The number of thiophene rings is 1. The summed E-state index contributed by atoms with van der Waals surface area (Å²) < 4.78 is 2.24. The van der Waals surface area contributed by atoms with Crippen molar-refractivity contribution in [1.82, 2.24) is 4.57 Å². The fraction of sp³-hybridized carbons (Fsp3) is 0.267. The number of anilines is 1. The molecule has 0 radical (unpaired) electrons. The van der Waals surface area contributed by atoms with E-state index in [1.54, 1.807) is 11.3 Å². The maximum absolute atomic E-state index is 13.6. The second-order valence-electron chi connectivity index (χ2n) is 9.47. The van der Waals surface area contributed by atoms with E-state index in [9.17, 15) is 4.79 Å². The molecule has 1 aliphatic rings. The number of benzene rings is 2. The first kappa shape index (κ1) is 23.3. The van der Waals surface area contributed by atoms with E-state index >= 15 is 0 Å². The van der Waals surface area contributed by atoms with E-state index in [-0.39, 0.29) is 5.91 Å². The summed E-state index contributed by atoms with van der Waals surface area (Å²) in [5, 5.41) is 4.18. The number of nitrogens with one attached hydrogen (secondary N) is 1. The minimum absolute atomic E-state index is 0.0226. The fourth-order valence-electron chi connectivity index (χ4n) is 4.78. The zero-order chi connectivity index (χ0) is 24.5. The molecular formula is C30H31N3OS. The number of fused-ring (bicyclic) bond motifs is 1. The highest BCUT2D eigenvalue weighted by Crippen LogP contribution is 2.39. The van der Waals surface area contributed by atoms with E-state index in [1.807, 2.05) is 42.6 Å². The summed E-state index contributed by atoms with van der Waals surface area (Å²) in [6.45, 7) is 8.35. The van der Waals surface area contributed by atoms with Crippen LogP contribution in [0.2, 0.25) is 0 Å². The third kappa shape index (κ3) is 4.73. The van der Waals surface area contributed by atoms with Crippen LogP contribution in [0.15, 0.2) is 59.6 Å². The van der Waals surface area contributed by atoms with Gasteiger partial charge in [0.2, 0.25) is 0 Å². The van der Waals surface area contributed by atoms with Crippen LogP contribution in [0.25, 0.3) is 5.00 Å². The standard InChI is InChI=1S/C30H31N3OS/c1-19-9-13-24(14-10-19)31-18-23-17-21(3)33(22(23)4)30-28(26-7-5-6-8-27(26)35-30)29(34)32-25-15-11-20(2)12-16-25/h9-18H,5-8H2,1-4H3,(H,32,34). The Balaban J connectivity index is 1.54. The molecule has 0 bridgehead atoms. The van der Waals surface area contributed by atoms with Crippen molar-refractivity contribution in [3.05, 3.63) is 98.7 Å². The van der Waals surface area contributed by atoms with E-state index < -0.39 is 0 Å². The summed E-state index contributed by atoms with van der Waals surface area (Å²) in [5.41, 5.74) is 9.49. The van der Waals surface area contributed by atoms with Crippen molar-refractivity contribution in [1.29, 1.82) is 0 Å². The molecular weight excluding hydrogens is 450 g/mol. The van der Waals surface area contributed by atoms with E-state index in [1.165, 1.54) is 28.0 Å². The molecule has 2 heterocycles. The lowest BCUT2D eigenvalue weighted by atomic mass is 9.95. The highest BCUT2D eigenvalue weighted by atomic mass is 32.1. The van der Waals surface area contributed by atoms with Gasteiger partial charge in [0.15, 0.2) is 0 Å². The van der Waals surface area contributed by atoms with Crippen molar-refractivity contribution in [2.24, 2.45) is 4.99 Å². The number of aryl methyl sites for hydroxylation is 4. The van der Waals surface area contributed by atoms with Gasteiger partial charge in [0.1, 0.15) is 5.00 Å². The Kier molecular flexibility index (Phi) is 6.44. The summed E-state index contributed by atoms with van der Waals surface area (Å²) in [6, 6.07) is 18.4. The minimum Gasteiger partial charge on any atom is -0.322 e. The molecule has 0 atom stereocenters. The number of carbonyl (C=O) groups excluding carboxylic acids is 1. The van der Waals surface area contributed by atoms with Gasteiger partial charge in [-0.2, -0.15) is 0 Å². The molecule has 0 spiro atoms. The molecule has 2 aromatic carbocycles. The van der Waals surface area contributed by atoms with Crippen LogP contribution in [0, 0.1) is 27.7 Å². The van der Waals surface area contributed by atoms with Gasteiger partial charge in [0.05, 0.1) is 11.3 Å². The zero-order valence-electron chi connectivity index (χ0n) is 20.8. The third-order valence-electron chi connectivity index (χ3n) is 6.75. The first-order valence-electron chi connectivity index (χ1n) is 12.2. The molecule has 0 saturated carbocycles. The molecule has 0 unspecified atom stereocenters. The van der Waals surface area contributed by atoms with E-state index in [0.29, 0.717) is 0 Å². The number of aromatic nitrogens is 1. The van der Waals surface area contributed by atoms with Crippen molar-refractivity contribution >= 4 is 34.8 Å². The van der Waals surface area contributed by atoms with Crippen molar-refractivity contribution in [2.75, 3.05) is 5.32 Å². The monoisotopic (exact) mass is 481 g/mol. The molecule has 4 aromatic rings. The van der Waals surface area contributed by atoms with Gasteiger partial charge in [-0.3, -0.25) is 9.79 Å². The lowest BCUT2D eigenvalue weighted by Gasteiger charge is -2.14. The Morgan fingerprint density at radius 2 is 1.60 bits per heavy atom. The number of carbonyl (C=O) groups is 1. The molecule has 4 nitrogen and oxygen atoms in total. The Morgan fingerprint density at radius 3 is 2.31 bits per heavy atom. The first-order valence-corrected chi connectivity index (χ1v) is 13.0. The van der Waals surface area contributed by atoms with Crippen LogP contribution in [0.1, 0.15) is 61.7 Å². The number of aliphatic imine (C=N–C) groups is 1. The van der Waals surface area contributed by atoms with Gasteiger partial charge in [-0.1, -0.05) is 35.4 Å². The van der Waals surface area contributed by atoms with Crippen LogP contribution in [-0.2, 0) is 12.8 Å². The lowest BCUT2D eigenvalue weighted by Crippen LogP contribution is -2.17. The summed E-state index contributed by atoms with van der Waals surface area (Å²) in [5.74, 6) is -0.0226. The molecule has 0 aliphatic heterocycles. The third-order valence-corrected chi connectivity index (χ3v) is 8.03. The van der Waals surface area contributed by atoms with Gasteiger partial charge in [-0.25, -0.2) is 0 Å². The number of rotatable bonds is 5. The van der Waals surface area contributed by atoms with Crippen LogP contribution >= 0.6 is 11.3 Å². The quantitative estimate of drug-likeness (QED) is 0.292. The average molecular weight is 482 g/mol.